The van der Waals surface area contributed by atoms with E-state index in [1.54, 1.807) is 11.3 Å². The highest BCUT2D eigenvalue weighted by molar-refractivity contribution is 7.20. The van der Waals surface area contributed by atoms with Crippen molar-refractivity contribution in [3.05, 3.63) is 101 Å². The summed E-state index contributed by atoms with van der Waals surface area (Å²) in [6.45, 7) is 2.05. The van der Waals surface area contributed by atoms with E-state index in [-0.39, 0.29) is 5.78 Å². The van der Waals surface area contributed by atoms with E-state index in [9.17, 15) is 4.79 Å². The Morgan fingerprint density at radius 1 is 0.923 bits per heavy atom. The maximum Gasteiger partial charge on any atom is 0.196 e. The molecule has 0 aliphatic rings. The Bertz CT molecular complexity index is 1080. The Balaban J connectivity index is 1.87. The minimum Gasteiger partial charge on any atom is -0.288 e. The van der Waals surface area contributed by atoms with Gasteiger partial charge in [-0.2, -0.15) is 0 Å². The molecule has 3 aromatic carbocycles. The van der Waals surface area contributed by atoms with Crippen molar-refractivity contribution in [3.63, 3.8) is 0 Å². The quantitative estimate of drug-likeness (QED) is 0.330. The fourth-order valence-electron chi connectivity index (χ4n) is 2.88. The predicted octanol–water partition coefficient (Wildman–Crippen LogP) is 6.03. The first-order valence-corrected chi connectivity index (χ1v) is 9.26. The molecule has 4 aromatic rings. The lowest BCUT2D eigenvalue weighted by Crippen LogP contribution is -2.02. The van der Waals surface area contributed by atoms with Gasteiger partial charge in [0, 0.05) is 5.56 Å². The van der Waals surface area contributed by atoms with Crippen molar-refractivity contribution in [2.45, 2.75) is 6.92 Å². The van der Waals surface area contributed by atoms with Gasteiger partial charge < -0.3 is 0 Å². The molecule has 0 saturated carbocycles. The van der Waals surface area contributed by atoms with Gasteiger partial charge in [0.05, 0.1) is 15.8 Å². The van der Waals surface area contributed by atoms with E-state index in [0.29, 0.717) is 11.1 Å². The van der Waals surface area contributed by atoms with Crippen molar-refractivity contribution in [1.82, 2.24) is 4.98 Å². The summed E-state index contributed by atoms with van der Waals surface area (Å²) in [6, 6.07) is 25.5. The summed E-state index contributed by atoms with van der Waals surface area (Å²) < 4.78 is 1.08. The van der Waals surface area contributed by atoms with Gasteiger partial charge in [-0.05, 0) is 30.7 Å². The van der Waals surface area contributed by atoms with E-state index < -0.39 is 0 Å². The SMILES string of the molecule is Cc1cccc(/C=C(/C(=O)c2ccccc2)c2nc3ccccc3s2)c1. The van der Waals surface area contributed by atoms with Crippen molar-refractivity contribution in [3.8, 4) is 0 Å². The van der Waals surface area contributed by atoms with Gasteiger partial charge in [-0.3, -0.25) is 4.79 Å². The number of carbonyl (C=O) groups is 1. The molecule has 1 heterocycles. The fourth-order valence-corrected chi connectivity index (χ4v) is 3.86. The molecule has 126 valence electrons. The van der Waals surface area contributed by atoms with Crippen LogP contribution in [0.4, 0.5) is 0 Å². The number of rotatable bonds is 4. The number of hydrogen-bond donors (Lipinski definition) is 0. The summed E-state index contributed by atoms with van der Waals surface area (Å²) in [4.78, 5) is 17.9. The number of ketones is 1. The highest BCUT2D eigenvalue weighted by atomic mass is 32.1. The normalized spacial score (nSPS) is 11.7. The molecule has 0 radical (unpaired) electrons. The van der Waals surface area contributed by atoms with Crippen LogP contribution in [0.15, 0.2) is 78.9 Å². The molecule has 0 saturated heterocycles. The number of aryl methyl sites for hydroxylation is 1. The molecule has 0 N–H and O–H groups in total. The van der Waals surface area contributed by atoms with Gasteiger partial charge in [0.2, 0.25) is 0 Å². The van der Waals surface area contributed by atoms with Crippen molar-refractivity contribution in [2.75, 3.05) is 0 Å². The van der Waals surface area contributed by atoms with Crippen molar-refractivity contribution in [1.29, 1.82) is 0 Å². The summed E-state index contributed by atoms with van der Waals surface area (Å²) in [5.41, 5.74) is 4.38. The number of thiazole rings is 1. The highest BCUT2D eigenvalue weighted by Gasteiger charge is 2.18. The van der Waals surface area contributed by atoms with Crippen LogP contribution in [0.2, 0.25) is 0 Å². The lowest BCUT2D eigenvalue weighted by Gasteiger charge is -2.05. The largest absolute Gasteiger partial charge is 0.288 e. The second-order valence-electron chi connectivity index (χ2n) is 6.15. The number of fused-ring (bicyclic) bond motifs is 1. The average molecular weight is 355 g/mol. The van der Waals surface area contributed by atoms with Crippen LogP contribution >= 0.6 is 11.3 Å². The van der Waals surface area contributed by atoms with Gasteiger partial charge >= 0.3 is 0 Å². The molecule has 26 heavy (non-hydrogen) atoms. The molecule has 0 spiro atoms. The molecule has 4 rings (SSSR count). The Kier molecular flexibility index (Phi) is 4.46. The van der Waals surface area contributed by atoms with Crippen molar-refractivity contribution >= 4 is 39.0 Å². The first kappa shape index (κ1) is 16.4. The van der Waals surface area contributed by atoms with Crippen LogP contribution in [0.1, 0.15) is 26.5 Å². The standard InChI is InChI=1S/C23H17NOS/c1-16-8-7-9-17(14-16)15-19(22(25)18-10-3-2-4-11-18)23-24-20-12-5-6-13-21(20)26-23/h2-15H,1H3/b19-15-. The van der Waals surface area contributed by atoms with Crippen molar-refractivity contribution in [2.24, 2.45) is 0 Å². The van der Waals surface area contributed by atoms with E-state index in [1.807, 2.05) is 85.8 Å². The topological polar surface area (TPSA) is 30.0 Å². The molecule has 0 aliphatic heterocycles. The Hall–Kier alpha value is -3.04. The molecule has 0 aliphatic carbocycles. The molecule has 3 heteroatoms. The van der Waals surface area contributed by atoms with E-state index >= 15 is 0 Å². The monoisotopic (exact) mass is 355 g/mol. The number of Topliss-reactive ketones (excluding diaryl/α,β-unsaturated/α-hetero) is 1. The molecule has 2 nitrogen and oxygen atoms in total. The first-order valence-electron chi connectivity index (χ1n) is 8.45. The zero-order chi connectivity index (χ0) is 17.9. The number of hydrogen-bond acceptors (Lipinski definition) is 3. The zero-order valence-corrected chi connectivity index (χ0v) is 15.2. The molecule has 1 aromatic heterocycles. The lowest BCUT2D eigenvalue weighted by atomic mass is 10.0. The predicted molar refractivity (Wildman–Crippen MR) is 109 cm³/mol. The van der Waals surface area contributed by atoms with Crippen LogP contribution in [0.3, 0.4) is 0 Å². The maximum absolute atomic E-state index is 13.2. The first-order chi connectivity index (χ1) is 12.7. The molecule has 0 amide bonds. The van der Waals surface area contributed by atoms with Gasteiger partial charge in [-0.25, -0.2) is 4.98 Å². The Morgan fingerprint density at radius 3 is 2.46 bits per heavy atom. The number of benzene rings is 3. The Labute approximate surface area is 156 Å². The summed E-state index contributed by atoms with van der Waals surface area (Å²) >= 11 is 1.55. The third kappa shape index (κ3) is 3.35. The summed E-state index contributed by atoms with van der Waals surface area (Å²) in [7, 11) is 0. The average Bonchev–Trinajstić information content (AvgIpc) is 3.10. The van der Waals surface area contributed by atoms with Gasteiger partial charge in [0.1, 0.15) is 5.01 Å². The van der Waals surface area contributed by atoms with E-state index in [1.165, 1.54) is 0 Å². The van der Waals surface area contributed by atoms with E-state index in [2.05, 4.69) is 6.07 Å². The number of para-hydroxylation sites is 1. The van der Waals surface area contributed by atoms with Gasteiger partial charge in [0.15, 0.2) is 5.78 Å². The van der Waals surface area contributed by atoms with Crippen LogP contribution in [-0.2, 0) is 0 Å². The summed E-state index contributed by atoms with van der Waals surface area (Å²) in [6.07, 6.45) is 1.94. The van der Waals surface area contributed by atoms with Crippen molar-refractivity contribution < 1.29 is 4.79 Å². The van der Waals surface area contributed by atoms with Crippen LogP contribution in [-0.4, -0.2) is 10.8 Å². The third-order valence-electron chi connectivity index (χ3n) is 4.16. The minimum absolute atomic E-state index is 0.00818. The van der Waals surface area contributed by atoms with Gasteiger partial charge in [-0.1, -0.05) is 72.3 Å². The maximum atomic E-state index is 13.2. The number of carbonyl (C=O) groups excluding carboxylic acids is 1. The Morgan fingerprint density at radius 2 is 1.69 bits per heavy atom. The van der Waals surface area contributed by atoms with Gasteiger partial charge in [0.25, 0.3) is 0 Å². The second-order valence-corrected chi connectivity index (χ2v) is 7.18. The molecular formula is C23H17NOS. The summed E-state index contributed by atoms with van der Waals surface area (Å²) in [5.74, 6) is -0.00818. The van der Waals surface area contributed by atoms with Crippen LogP contribution < -0.4 is 0 Å². The molecule has 0 bridgehead atoms. The van der Waals surface area contributed by atoms with Crippen LogP contribution in [0.5, 0.6) is 0 Å². The molecule has 0 fully saturated rings. The van der Waals surface area contributed by atoms with E-state index in [0.717, 1.165) is 26.4 Å². The second kappa shape index (κ2) is 7.06. The van der Waals surface area contributed by atoms with Gasteiger partial charge in [-0.15, -0.1) is 11.3 Å². The third-order valence-corrected chi connectivity index (χ3v) is 5.23. The molecular weight excluding hydrogens is 338 g/mol. The summed E-state index contributed by atoms with van der Waals surface area (Å²) in [5, 5.41) is 0.751. The number of allylic oxidation sites excluding steroid dienone is 1. The fraction of sp³-hybridized carbons (Fsp3) is 0.0435. The lowest BCUT2D eigenvalue weighted by molar-refractivity contribution is 0.105. The number of aromatic nitrogens is 1. The van der Waals surface area contributed by atoms with E-state index in [4.69, 9.17) is 4.98 Å². The minimum atomic E-state index is -0.00818. The van der Waals surface area contributed by atoms with Crippen LogP contribution in [0, 0.1) is 6.92 Å². The number of nitrogens with zero attached hydrogens (tertiary/aromatic N) is 1. The molecule has 0 atom stereocenters. The highest BCUT2D eigenvalue weighted by Crippen LogP contribution is 2.30. The zero-order valence-electron chi connectivity index (χ0n) is 14.3. The van der Waals surface area contributed by atoms with Crippen LogP contribution in [0.25, 0.3) is 21.9 Å². The smallest absolute Gasteiger partial charge is 0.196 e. The molecule has 0 unspecified atom stereocenters.